The van der Waals surface area contributed by atoms with Crippen LogP contribution in [0.3, 0.4) is 0 Å². The van der Waals surface area contributed by atoms with Gasteiger partial charge in [0.1, 0.15) is 6.61 Å². The minimum atomic E-state index is 0.472. The van der Waals surface area contributed by atoms with Crippen molar-refractivity contribution in [2.45, 2.75) is 20.4 Å². The summed E-state index contributed by atoms with van der Waals surface area (Å²) in [6.45, 7) is 9.20. The third kappa shape index (κ3) is 4.06. The highest BCUT2D eigenvalue weighted by atomic mass is 79.9. The molecule has 0 aliphatic heterocycles. The summed E-state index contributed by atoms with van der Waals surface area (Å²) in [7, 11) is 0. The third-order valence-electron chi connectivity index (χ3n) is 2.07. The van der Waals surface area contributed by atoms with Crippen LogP contribution in [0, 0.1) is 0 Å². The molecular weight excluding hydrogens is 282 g/mol. The summed E-state index contributed by atoms with van der Waals surface area (Å²) in [5.41, 5.74) is 7.59. The van der Waals surface area contributed by atoms with Crippen LogP contribution in [0.25, 0.3) is 0 Å². The number of hydrogen-bond acceptors (Lipinski definition) is 3. The lowest BCUT2D eigenvalue weighted by Crippen LogP contribution is -2.04. The monoisotopic (exact) mass is 299 g/mol. The van der Waals surface area contributed by atoms with Gasteiger partial charge in [0.25, 0.3) is 0 Å². The summed E-state index contributed by atoms with van der Waals surface area (Å²) < 4.78 is 12.1. The Morgan fingerprint density at radius 1 is 1.41 bits per heavy atom. The fourth-order valence-corrected chi connectivity index (χ4v) is 1.94. The standard InChI is InChI=1S/C13H18BrNO2/c1-4-16-12-6-10(7-15)5-11(14)13(12)17-8-9(2)3/h5-6H,2,4,7-8,15H2,1,3H3. The molecular formula is C13H18BrNO2. The van der Waals surface area contributed by atoms with E-state index < -0.39 is 0 Å². The molecule has 17 heavy (non-hydrogen) atoms. The van der Waals surface area contributed by atoms with Crippen LogP contribution in [0.1, 0.15) is 19.4 Å². The van der Waals surface area contributed by atoms with E-state index in [1.807, 2.05) is 26.0 Å². The van der Waals surface area contributed by atoms with Gasteiger partial charge in [0.2, 0.25) is 0 Å². The largest absolute Gasteiger partial charge is 0.490 e. The van der Waals surface area contributed by atoms with Gasteiger partial charge in [0.15, 0.2) is 11.5 Å². The van der Waals surface area contributed by atoms with E-state index in [0.717, 1.165) is 15.6 Å². The summed E-state index contributed by atoms with van der Waals surface area (Å²) in [6.07, 6.45) is 0. The molecule has 3 nitrogen and oxygen atoms in total. The minimum Gasteiger partial charge on any atom is -0.490 e. The van der Waals surface area contributed by atoms with Gasteiger partial charge in [-0.05, 0) is 53.0 Å². The lowest BCUT2D eigenvalue weighted by Gasteiger charge is -2.15. The van der Waals surface area contributed by atoms with E-state index in [1.165, 1.54) is 0 Å². The van der Waals surface area contributed by atoms with Gasteiger partial charge in [0.05, 0.1) is 11.1 Å². The molecule has 1 rings (SSSR count). The first-order chi connectivity index (χ1) is 8.08. The van der Waals surface area contributed by atoms with Gasteiger partial charge in [-0.25, -0.2) is 0 Å². The SMILES string of the molecule is C=C(C)COc1c(Br)cc(CN)cc1OCC. The summed E-state index contributed by atoms with van der Waals surface area (Å²) in [5.74, 6) is 1.41. The minimum absolute atomic E-state index is 0.472. The second-order valence-electron chi connectivity index (χ2n) is 3.79. The lowest BCUT2D eigenvalue weighted by molar-refractivity contribution is 0.291. The molecule has 0 spiro atoms. The van der Waals surface area contributed by atoms with Crippen molar-refractivity contribution < 1.29 is 9.47 Å². The van der Waals surface area contributed by atoms with Gasteiger partial charge >= 0.3 is 0 Å². The molecule has 0 bridgehead atoms. The summed E-state index contributed by atoms with van der Waals surface area (Å²) >= 11 is 3.47. The molecule has 0 aliphatic carbocycles. The van der Waals surface area contributed by atoms with Gasteiger partial charge in [-0.1, -0.05) is 6.58 Å². The third-order valence-corrected chi connectivity index (χ3v) is 2.66. The first kappa shape index (κ1) is 14.1. The molecule has 0 amide bonds. The molecule has 0 aromatic heterocycles. The van der Waals surface area contributed by atoms with Gasteiger partial charge in [-0.2, -0.15) is 0 Å². The van der Waals surface area contributed by atoms with E-state index in [4.69, 9.17) is 15.2 Å². The van der Waals surface area contributed by atoms with Crippen LogP contribution in [0.15, 0.2) is 28.8 Å². The van der Waals surface area contributed by atoms with Crippen molar-refractivity contribution in [3.8, 4) is 11.5 Å². The summed E-state index contributed by atoms with van der Waals surface area (Å²) in [5, 5.41) is 0. The molecule has 0 radical (unpaired) electrons. The summed E-state index contributed by atoms with van der Waals surface area (Å²) in [4.78, 5) is 0. The van der Waals surface area contributed by atoms with Crippen LogP contribution >= 0.6 is 15.9 Å². The molecule has 0 heterocycles. The van der Waals surface area contributed by atoms with Gasteiger partial charge < -0.3 is 15.2 Å². The van der Waals surface area contributed by atoms with Crippen LogP contribution in [0.5, 0.6) is 11.5 Å². The fraction of sp³-hybridized carbons (Fsp3) is 0.385. The van der Waals surface area contributed by atoms with Gasteiger partial charge in [-0.3, -0.25) is 0 Å². The second kappa shape index (κ2) is 6.67. The average molecular weight is 300 g/mol. The zero-order chi connectivity index (χ0) is 12.8. The normalized spacial score (nSPS) is 10.1. The van der Waals surface area contributed by atoms with Gasteiger partial charge in [0, 0.05) is 6.54 Å². The fourth-order valence-electron chi connectivity index (χ4n) is 1.34. The van der Waals surface area contributed by atoms with E-state index >= 15 is 0 Å². The topological polar surface area (TPSA) is 44.5 Å². The molecule has 0 saturated carbocycles. The van der Waals surface area contributed by atoms with Crippen LogP contribution < -0.4 is 15.2 Å². The van der Waals surface area contributed by atoms with Crippen molar-refractivity contribution >= 4 is 15.9 Å². The van der Waals surface area contributed by atoms with Crippen molar-refractivity contribution in [1.29, 1.82) is 0 Å². The van der Waals surface area contributed by atoms with Crippen LogP contribution in [-0.4, -0.2) is 13.2 Å². The molecule has 0 aliphatic rings. The molecule has 1 aromatic carbocycles. The molecule has 0 fully saturated rings. The molecule has 4 heteroatoms. The highest BCUT2D eigenvalue weighted by Gasteiger charge is 2.11. The predicted octanol–water partition coefficient (Wildman–Crippen LogP) is 3.26. The number of rotatable bonds is 6. The first-order valence-electron chi connectivity index (χ1n) is 5.51. The quantitative estimate of drug-likeness (QED) is 0.820. The van der Waals surface area contributed by atoms with Crippen molar-refractivity contribution in [1.82, 2.24) is 0 Å². The van der Waals surface area contributed by atoms with Crippen LogP contribution in [-0.2, 0) is 6.54 Å². The Hall–Kier alpha value is -1.00. The molecule has 0 atom stereocenters. The van der Waals surface area contributed by atoms with E-state index in [0.29, 0.717) is 31.3 Å². The van der Waals surface area contributed by atoms with E-state index in [1.54, 1.807) is 0 Å². The Labute approximate surface area is 111 Å². The lowest BCUT2D eigenvalue weighted by atomic mass is 10.2. The maximum absolute atomic E-state index is 5.67. The van der Waals surface area contributed by atoms with Crippen LogP contribution in [0.2, 0.25) is 0 Å². The van der Waals surface area contributed by atoms with Crippen molar-refractivity contribution in [2.75, 3.05) is 13.2 Å². The zero-order valence-corrected chi connectivity index (χ0v) is 11.8. The number of benzene rings is 1. The Kier molecular flexibility index (Phi) is 5.51. The highest BCUT2D eigenvalue weighted by molar-refractivity contribution is 9.10. The Morgan fingerprint density at radius 3 is 2.65 bits per heavy atom. The Balaban J connectivity index is 3.02. The number of nitrogens with two attached hydrogens (primary N) is 1. The maximum atomic E-state index is 5.67. The smallest absolute Gasteiger partial charge is 0.175 e. The second-order valence-corrected chi connectivity index (χ2v) is 4.64. The summed E-state index contributed by atoms with van der Waals surface area (Å²) in [6, 6.07) is 3.85. The van der Waals surface area contributed by atoms with Crippen LogP contribution in [0.4, 0.5) is 0 Å². The number of hydrogen-bond donors (Lipinski definition) is 1. The molecule has 2 N–H and O–H groups in total. The molecule has 0 unspecified atom stereocenters. The first-order valence-corrected chi connectivity index (χ1v) is 6.30. The molecule has 94 valence electrons. The van der Waals surface area contributed by atoms with Crippen molar-refractivity contribution in [3.63, 3.8) is 0 Å². The van der Waals surface area contributed by atoms with E-state index in [2.05, 4.69) is 22.5 Å². The molecule has 0 saturated heterocycles. The predicted molar refractivity (Wildman–Crippen MR) is 73.5 cm³/mol. The van der Waals surface area contributed by atoms with Crippen molar-refractivity contribution in [3.05, 3.63) is 34.3 Å². The Morgan fingerprint density at radius 2 is 2.12 bits per heavy atom. The van der Waals surface area contributed by atoms with E-state index in [-0.39, 0.29) is 0 Å². The average Bonchev–Trinajstić information content (AvgIpc) is 2.27. The Bertz CT molecular complexity index is 405. The van der Waals surface area contributed by atoms with E-state index in [9.17, 15) is 0 Å². The number of halogens is 1. The zero-order valence-electron chi connectivity index (χ0n) is 10.3. The molecule has 1 aromatic rings. The number of ether oxygens (including phenoxy) is 2. The van der Waals surface area contributed by atoms with Gasteiger partial charge in [-0.15, -0.1) is 0 Å². The highest BCUT2D eigenvalue weighted by Crippen LogP contribution is 2.37. The van der Waals surface area contributed by atoms with Crippen molar-refractivity contribution in [2.24, 2.45) is 5.73 Å². The maximum Gasteiger partial charge on any atom is 0.175 e.